The maximum Gasteiger partial charge on any atom is 0.116 e. The molecule has 1 aliphatic heterocycles. The van der Waals surface area contributed by atoms with Crippen LogP contribution in [0, 0.1) is 0 Å². The Morgan fingerprint density at radius 2 is 0.952 bits per heavy atom. The minimum Gasteiger partial charge on any atom is -0.376 e. The van der Waals surface area contributed by atoms with Gasteiger partial charge in [-0.25, -0.2) is 0 Å². The lowest BCUT2D eigenvalue weighted by Crippen LogP contribution is -2.54. The van der Waals surface area contributed by atoms with Crippen molar-refractivity contribution in [1.82, 2.24) is 0 Å². The maximum atomic E-state index is 6.28. The smallest absolute Gasteiger partial charge is 0.116 e. The molecule has 21 heavy (non-hydrogen) atoms. The summed E-state index contributed by atoms with van der Waals surface area (Å²) in [5, 5.41) is 3.02. The van der Waals surface area contributed by atoms with E-state index in [4.69, 9.17) is 4.74 Å². The van der Waals surface area contributed by atoms with Crippen molar-refractivity contribution in [2.75, 3.05) is 0 Å². The molecule has 1 saturated heterocycles. The van der Waals surface area contributed by atoms with Gasteiger partial charge in [-0.05, 0) is 0 Å². The second-order valence-corrected chi connectivity index (χ2v) is 16.3. The number of hydrogen-bond donors (Lipinski definition) is 0. The first-order valence-corrected chi connectivity index (χ1v) is 13.9. The van der Waals surface area contributed by atoms with Gasteiger partial charge in [0.2, 0.25) is 0 Å². The average molecular weight is 313 g/mol. The molecule has 0 N–H and O–H groups in total. The van der Waals surface area contributed by atoms with Crippen molar-refractivity contribution in [2.45, 2.75) is 37.6 Å². The van der Waals surface area contributed by atoms with Crippen LogP contribution in [-0.2, 0) is 4.74 Å². The van der Waals surface area contributed by atoms with Crippen molar-refractivity contribution in [1.29, 1.82) is 0 Å². The van der Waals surface area contributed by atoms with Gasteiger partial charge in [-0.15, -0.1) is 0 Å². The zero-order valence-electron chi connectivity index (χ0n) is 13.3. The van der Waals surface area contributed by atoms with Crippen LogP contribution in [0.4, 0.5) is 0 Å². The summed E-state index contributed by atoms with van der Waals surface area (Å²) in [5.74, 6) is 0. The zero-order valence-corrected chi connectivity index (χ0v) is 15.3. The van der Waals surface area contributed by atoms with Crippen LogP contribution in [0.15, 0.2) is 60.7 Å². The third kappa shape index (κ3) is 2.66. The second kappa shape index (κ2) is 5.23. The van der Waals surface area contributed by atoms with Gasteiger partial charge in [0.25, 0.3) is 0 Å². The Bertz CT molecular complexity index is 552. The van der Waals surface area contributed by atoms with Crippen LogP contribution >= 0.6 is 0 Å². The van der Waals surface area contributed by atoms with E-state index in [0.29, 0.717) is 11.5 Å². The summed E-state index contributed by atoms with van der Waals surface area (Å²) in [6.07, 6.45) is 0. The molecule has 0 amide bonds. The molecule has 1 fully saturated rings. The molecule has 0 saturated carbocycles. The van der Waals surface area contributed by atoms with Crippen molar-refractivity contribution in [3.05, 3.63) is 60.7 Å². The van der Waals surface area contributed by atoms with Crippen LogP contribution in [0.3, 0.4) is 0 Å². The molecule has 1 aliphatic rings. The van der Waals surface area contributed by atoms with E-state index >= 15 is 0 Å². The van der Waals surface area contributed by atoms with Gasteiger partial charge in [0.05, 0.1) is 11.5 Å². The molecule has 0 spiro atoms. The molecule has 0 aromatic heterocycles. The SMILES string of the molecule is C[Si](C)(c1ccccc1)[C@@H]1O[C@H]1[Si](C)(C)c1ccccc1. The molecular formula is C18H24OSi2. The number of benzene rings is 2. The largest absolute Gasteiger partial charge is 0.376 e. The fourth-order valence-electron chi connectivity index (χ4n) is 3.27. The van der Waals surface area contributed by atoms with E-state index in [1.165, 1.54) is 10.4 Å². The highest BCUT2D eigenvalue weighted by Gasteiger charge is 2.58. The van der Waals surface area contributed by atoms with Gasteiger partial charge in [0.1, 0.15) is 16.1 Å². The van der Waals surface area contributed by atoms with Crippen molar-refractivity contribution in [3.63, 3.8) is 0 Å². The Balaban J connectivity index is 1.83. The van der Waals surface area contributed by atoms with Crippen LogP contribution in [0.25, 0.3) is 0 Å². The molecular weight excluding hydrogens is 288 g/mol. The number of ether oxygens (including phenoxy) is 1. The van der Waals surface area contributed by atoms with Crippen LogP contribution in [0.2, 0.25) is 26.2 Å². The molecule has 1 nitrogen and oxygen atoms in total. The minimum atomic E-state index is -1.54. The molecule has 110 valence electrons. The van der Waals surface area contributed by atoms with Gasteiger partial charge in [0.15, 0.2) is 0 Å². The Labute approximate surface area is 130 Å². The highest BCUT2D eigenvalue weighted by molar-refractivity contribution is 6.97. The van der Waals surface area contributed by atoms with E-state index < -0.39 is 16.1 Å². The van der Waals surface area contributed by atoms with E-state index in [-0.39, 0.29) is 0 Å². The van der Waals surface area contributed by atoms with Gasteiger partial charge in [-0.2, -0.15) is 0 Å². The third-order valence-corrected chi connectivity index (χ3v) is 12.6. The molecule has 0 aliphatic carbocycles. The number of epoxide rings is 1. The first-order chi connectivity index (χ1) is 9.94. The van der Waals surface area contributed by atoms with Crippen LogP contribution in [0.5, 0.6) is 0 Å². The van der Waals surface area contributed by atoms with Crippen LogP contribution in [0.1, 0.15) is 0 Å². The monoisotopic (exact) mass is 312 g/mol. The van der Waals surface area contributed by atoms with E-state index in [0.717, 1.165) is 0 Å². The summed E-state index contributed by atoms with van der Waals surface area (Å²) in [6, 6.07) is 21.9. The van der Waals surface area contributed by atoms with Crippen molar-refractivity contribution in [2.24, 2.45) is 0 Å². The Hall–Kier alpha value is -1.17. The summed E-state index contributed by atoms with van der Waals surface area (Å²) in [4.78, 5) is 0. The normalized spacial score (nSPS) is 22.1. The molecule has 1 heterocycles. The minimum absolute atomic E-state index is 0.474. The lowest BCUT2D eigenvalue weighted by Gasteiger charge is -2.25. The summed E-state index contributed by atoms with van der Waals surface area (Å²) in [7, 11) is -3.08. The summed E-state index contributed by atoms with van der Waals surface area (Å²) >= 11 is 0. The van der Waals surface area contributed by atoms with E-state index in [1.807, 2.05) is 0 Å². The maximum absolute atomic E-state index is 6.28. The Morgan fingerprint density at radius 3 is 1.29 bits per heavy atom. The molecule has 0 unspecified atom stereocenters. The van der Waals surface area contributed by atoms with Crippen molar-refractivity contribution >= 4 is 26.5 Å². The van der Waals surface area contributed by atoms with E-state index in [9.17, 15) is 0 Å². The topological polar surface area (TPSA) is 12.5 Å². The number of hydrogen-bond acceptors (Lipinski definition) is 1. The fraction of sp³-hybridized carbons (Fsp3) is 0.333. The first kappa shape index (κ1) is 14.8. The van der Waals surface area contributed by atoms with Crippen molar-refractivity contribution < 1.29 is 4.74 Å². The van der Waals surface area contributed by atoms with E-state index in [1.54, 1.807) is 0 Å². The average Bonchev–Trinajstić information content (AvgIpc) is 3.31. The standard InChI is InChI=1S/C18H24OSi2/c1-20(2,15-11-7-5-8-12-15)17-18(19-17)21(3,4)16-13-9-6-10-14-16/h5-14,17-18H,1-4H3/t17-,18-/m0/s1. The van der Waals surface area contributed by atoms with Gasteiger partial charge in [-0.1, -0.05) is 97.2 Å². The molecule has 0 radical (unpaired) electrons. The van der Waals surface area contributed by atoms with Gasteiger partial charge < -0.3 is 4.74 Å². The molecule has 2 aromatic carbocycles. The van der Waals surface area contributed by atoms with Crippen LogP contribution in [-0.4, -0.2) is 27.6 Å². The fourth-order valence-corrected chi connectivity index (χ4v) is 11.2. The predicted octanol–water partition coefficient (Wildman–Crippen LogP) is 3.06. The van der Waals surface area contributed by atoms with Gasteiger partial charge in [-0.3, -0.25) is 0 Å². The Kier molecular flexibility index (Phi) is 3.68. The predicted molar refractivity (Wildman–Crippen MR) is 95.8 cm³/mol. The lowest BCUT2D eigenvalue weighted by atomic mass is 10.4. The molecule has 0 bridgehead atoms. The summed E-state index contributed by atoms with van der Waals surface area (Å²) < 4.78 is 6.28. The lowest BCUT2D eigenvalue weighted by molar-refractivity contribution is 0.431. The highest BCUT2D eigenvalue weighted by Crippen LogP contribution is 2.37. The van der Waals surface area contributed by atoms with E-state index in [2.05, 4.69) is 86.9 Å². The first-order valence-electron chi connectivity index (χ1n) is 7.70. The zero-order chi connectivity index (χ0) is 15.1. The van der Waals surface area contributed by atoms with Crippen LogP contribution < -0.4 is 10.4 Å². The molecule has 2 aromatic rings. The Morgan fingerprint density at radius 1 is 0.619 bits per heavy atom. The summed E-state index contributed by atoms with van der Waals surface area (Å²) in [6.45, 7) is 9.79. The highest BCUT2D eigenvalue weighted by atomic mass is 28.3. The molecule has 2 atom stereocenters. The molecule has 3 rings (SSSR count). The summed E-state index contributed by atoms with van der Waals surface area (Å²) in [5.41, 5.74) is 0.948. The third-order valence-electron chi connectivity index (χ3n) is 4.95. The van der Waals surface area contributed by atoms with Crippen molar-refractivity contribution in [3.8, 4) is 0 Å². The quantitative estimate of drug-likeness (QED) is 0.624. The molecule has 3 heteroatoms. The van der Waals surface area contributed by atoms with Gasteiger partial charge >= 0.3 is 0 Å². The van der Waals surface area contributed by atoms with Gasteiger partial charge in [0, 0.05) is 0 Å². The second-order valence-electron chi connectivity index (χ2n) is 7.15. The number of rotatable bonds is 4.